The van der Waals surface area contributed by atoms with E-state index in [-0.39, 0.29) is 12.2 Å². The van der Waals surface area contributed by atoms with Gasteiger partial charge in [-0.1, -0.05) is 0 Å². The van der Waals surface area contributed by atoms with Gasteiger partial charge in [0, 0.05) is 11.1 Å². The van der Waals surface area contributed by atoms with Gasteiger partial charge in [-0.3, -0.25) is 14.5 Å². The molecule has 0 unspecified atom stereocenters. The lowest BCUT2D eigenvalue weighted by Crippen LogP contribution is -2.29. The molecule has 0 spiro atoms. The summed E-state index contributed by atoms with van der Waals surface area (Å²) in [6, 6.07) is 1.75. The second kappa shape index (κ2) is 4.45. The third kappa shape index (κ3) is 1.82. The fraction of sp³-hybridized carbons (Fsp3) is 0.154. The molecule has 4 nitrogen and oxygen atoms in total. The molecule has 1 amide bonds. The van der Waals surface area contributed by atoms with Gasteiger partial charge in [-0.05, 0) is 19.1 Å². The molecule has 0 aliphatic carbocycles. The van der Waals surface area contributed by atoms with Crippen LogP contribution in [0.15, 0.2) is 18.3 Å². The maximum atomic E-state index is 13.9. The summed E-state index contributed by atoms with van der Waals surface area (Å²) in [5, 5.41) is 0.790. The van der Waals surface area contributed by atoms with E-state index in [9.17, 15) is 18.4 Å². The number of aromatic nitrogens is 1. The molecule has 2 aromatic rings. The van der Waals surface area contributed by atoms with Crippen LogP contribution in [0.5, 0.6) is 0 Å². The number of carbonyl (C=O) groups is 2. The van der Waals surface area contributed by atoms with Crippen LogP contribution in [0.25, 0.3) is 0 Å². The molecule has 0 radical (unpaired) electrons. The van der Waals surface area contributed by atoms with Gasteiger partial charge in [0.1, 0.15) is 11.6 Å². The van der Waals surface area contributed by atoms with Gasteiger partial charge in [0.05, 0.1) is 22.8 Å². The van der Waals surface area contributed by atoms with Gasteiger partial charge in [0.15, 0.2) is 0 Å². The average molecular weight is 294 g/mol. The Labute approximate surface area is 116 Å². The number of thiazole rings is 1. The highest BCUT2D eigenvalue weighted by atomic mass is 32.1. The molecule has 102 valence electrons. The lowest BCUT2D eigenvalue weighted by atomic mass is 10.1. The van der Waals surface area contributed by atoms with Crippen LogP contribution in [0.1, 0.15) is 20.2 Å². The van der Waals surface area contributed by atoms with Crippen molar-refractivity contribution in [2.75, 3.05) is 4.90 Å². The molecule has 1 aromatic heterocycles. The first-order chi connectivity index (χ1) is 9.49. The van der Waals surface area contributed by atoms with Gasteiger partial charge in [0.2, 0.25) is 0 Å². The van der Waals surface area contributed by atoms with E-state index in [4.69, 9.17) is 0 Å². The number of Topliss-reactive ketones (excluding diaryl/α,β-unsaturated/α-hetero) is 1. The number of aryl methyl sites for hydroxylation is 1. The molecule has 0 fully saturated rings. The van der Waals surface area contributed by atoms with E-state index >= 15 is 0 Å². The fourth-order valence-corrected chi connectivity index (χ4v) is 2.92. The Morgan fingerprint density at radius 2 is 1.95 bits per heavy atom. The highest BCUT2D eigenvalue weighted by Crippen LogP contribution is 2.35. The number of nitrogens with zero attached hydrogens (tertiary/aromatic N) is 2. The van der Waals surface area contributed by atoms with Crippen molar-refractivity contribution in [2.45, 2.75) is 13.5 Å². The van der Waals surface area contributed by atoms with Crippen LogP contribution >= 0.6 is 11.3 Å². The number of fused-ring (bicyclic) bond motifs is 1. The lowest BCUT2D eigenvalue weighted by Gasteiger charge is -2.15. The first kappa shape index (κ1) is 12.9. The van der Waals surface area contributed by atoms with Crippen molar-refractivity contribution in [1.82, 2.24) is 4.98 Å². The molecule has 0 bridgehead atoms. The van der Waals surface area contributed by atoms with E-state index in [2.05, 4.69) is 4.98 Å². The van der Waals surface area contributed by atoms with Crippen molar-refractivity contribution < 1.29 is 18.4 Å². The average Bonchev–Trinajstić information content (AvgIpc) is 2.92. The summed E-state index contributed by atoms with van der Waals surface area (Å²) >= 11 is 1.33. The molecular formula is C13H8F2N2O2S. The van der Waals surface area contributed by atoms with E-state index in [0.29, 0.717) is 4.88 Å². The number of anilines is 1. The van der Waals surface area contributed by atoms with Crippen molar-refractivity contribution >= 4 is 28.7 Å². The van der Waals surface area contributed by atoms with E-state index in [0.717, 1.165) is 22.0 Å². The van der Waals surface area contributed by atoms with E-state index in [1.54, 1.807) is 13.1 Å². The van der Waals surface area contributed by atoms with E-state index in [1.165, 1.54) is 11.3 Å². The van der Waals surface area contributed by atoms with Gasteiger partial charge in [-0.15, -0.1) is 11.3 Å². The standard InChI is InChI=1S/C13H8F2N2O2S/c1-6-16-4-7(20-6)5-17-11-9(15)3-2-8(14)10(11)12(18)13(17)19/h2-4H,5H2,1H3. The summed E-state index contributed by atoms with van der Waals surface area (Å²) in [4.78, 5) is 29.4. The van der Waals surface area contributed by atoms with Gasteiger partial charge < -0.3 is 0 Å². The summed E-state index contributed by atoms with van der Waals surface area (Å²) < 4.78 is 27.5. The van der Waals surface area contributed by atoms with Gasteiger partial charge >= 0.3 is 0 Å². The molecule has 0 N–H and O–H groups in total. The molecule has 3 rings (SSSR count). The molecular weight excluding hydrogens is 286 g/mol. The normalized spacial score (nSPS) is 14.1. The molecule has 0 atom stereocenters. The van der Waals surface area contributed by atoms with E-state index in [1.807, 2.05) is 0 Å². The smallest absolute Gasteiger partial charge is 0.297 e. The molecule has 7 heteroatoms. The Hall–Kier alpha value is -2.15. The first-order valence-electron chi connectivity index (χ1n) is 5.74. The molecule has 2 heterocycles. The fourth-order valence-electron chi connectivity index (χ4n) is 2.14. The zero-order valence-corrected chi connectivity index (χ0v) is 11.1. The molecule has 1 aliphatic heterocycles. The maximum Gasteiger partial charge on any atom is 0.300 e. The summed E-state index contributed by atoms with van der Waals surface area (Å²) in [7, 11) is 0. The van der Waals surface area contributed by atoms with Crippen molar-refractivity contribution in [3.8, 4) is 0 Å². The third-order valence-corrected chi connectivity index (χ3v) is 3.89. The second-order valence-corrected chi connectivity index (χ2v) is 5.64. The van der Waals surface area contributed by atoms with Crippen LogP contribution in [-0.2, 0) is 11.3 Å². The van der Waals surface area contributed by atoms with Gasteiger partial charge in [-0.25, -0.2) is 13.8 Å². The Kier molecular flexibility index (Phi) is 2.86. The third-order valence-electron chi connectivity index (χ3n) is 3.00. The summed E-state index contributed by atoms with van der Waals surface area (Å²) in [5.74, 6) is -3.61. The van der Waals surface area contributed by atoms with Gasteiger partial charge in [-0.2, -0.15) is 0 Å². The highest BCUT2D eigenvalue weighted by molar-refractivity contribution is 7.11. The number of amides is 1. The van der Waals surface area contributed by atoms with Crippen LogP contribution in [0.4, 0.5) is 14.5 Å². The summed E-state index contributed by atoms with van der Waals surface area (Å²) in [6.07, 6.45) is 1.55. The number of hydrogen-bond acceptors (Lipinski definition) is 4. The quantitative estimate of drug-likeness (QED) is 0.799. The van der Waals surface area contributed by atoms with E-state index < -0.39 is 28.9 Å². The minimum absolute atomic E-state index is 0.00343. The number of rotatable bonds is 2. The minimum atomic E-state index is -1.02. The van der Waals surface area contributed by atoms with Crippen LogP contribution in [0.2, 0.25) is 0 Å². The number of ketones is 1. The predicted molar refractivity (Wildman–Crippen MR) is 68.7 cm³/mol. The predicted octanol–water partition coefficient (Wildman–Crippen LogP) is 2.46. The Bertz CT molecular complexity index is 742. The zero-order chi connectivity index (χ0) is 14.4. The van der Waals surface area contributed by atoms with Crippen molar-refractivity contribution in [1.29, 1.82) is 0 Å². The van der Waals surface area contributed by atoms with Crippen molar-refractivity contribution in [3.05, 3.63) is 45.4 Å². The number of benzene rings is 1. The zero-order valence-electron chi connectivity index (χ0n) is 10.3. The molecule has 20 heavy (non-hydrogen) atoms. The summed E-state index contributed by atoms with van der Waals surface area (Å²) in [5.41, 5.74) is -0.776. The SMILES string of the molecule is Cc1ncc(CN2C(=O)C(=O)c3c(F)ccc(F)c32)s1. The Morgan fingerprint density at radius 3 is 2.60 bits per heavy atom. The molecule has 1 aliphatic rings. The maximum absolute atomic E-state index is 13.9. The van der Waals surface area contributed by atoms with Gasteiger partial charge in [0.25, 0.3) is 11.7 Å². The van der Waals surface area contributed by atoms with Crippen LogP contribution in [0.3, 0.4) is 0 Å². The highest BCUT2D eigenvalue weighted by Gasteiger charge is 2.40. The number of carbonyl (C=O) groups excluding carboxylic acids is 2. The van der Waals surface area contributed by atoms with Crippen LogP contribution in [0, 0.1) is 18.6 Å². The van der Waals surface area contributed by atoms with Crippen LogP contribution in [-0.4, -0.2) is 16.7 Å². The topological polar surface area (TPSA) is 50.3 Å². The first-order valence-corrected chi connectivity index (χ1v) is 6.56. The largest absolute Gasteiger partial charge is 0.300 e. The Morgan fingerprint density at radius 1 is 1.25 bits per heavy atom. The minimum Gasteiger partial charge on any atom is -0.297 e. The molecule has 0 saturated carbocycles. The molecule has 0 saturated heterocycles. The van der Waals surface area contributed by atoms with Crippen molar-refractivity contribution in [2.24, 2.45) is 0 Å². The van der Waals surface area contributed by atoms with Crippen molar-refractivity contribution in [3.63, 3.8) is 0 Å². The lowest BCUT2D eigenvalue weighted by molar-refractivity contribution is -0.114. The number of halogens is 2. The molecule has 1 aromatic carbocycles. The Balaban J connectivity index is 2.08. The summed E-state index contributed by atoms with van der Waals surface area (Å²) in [6.45, 7) is 1.79. The number of hydrogen-bond donors (Lipinski definition) is 0. The second-order valence-electron chi connectivity index (χ2n) is 4.32. The van der Waals surface area contributed by atoms with Crippen LogP contribution < -0.4 is 4.90 Å². The monoisotopic (exact) mass is 294 g/mol.